The van der Waals surface area contributed by atoms with Crippen molar-refractivity contribution in [2.75, 3.05) is 11.9 Å². The Labute approximate surface area is 113 Å². The molecule has 0 atom stereocenters. The fourth-order valence-corrected chi connectivity index (χ4v) is 2.65. The molecule has 5 heteroatoms. The summed E-state index contributed by atoms with van der Waals surface area (Å²) in [6.07, 6.45) is 2.24. The van der Waals surface area contributed by atoms with E-state index in [-0.39, 0.29) is 5.91 Å². The maximum absolute atomic E-state index is 11.6. The second-order valence-corrected chi connectivity index (χ2v) is 5.22. The third kappa shape index (κ3) is 1.58. The van der Waals surface area contributed by atoms with Crippen LogP contribution in [0.15, 0.2) is 29.1 Å². The molecule has 4 nitrogen and oxygen atoms in total. The van der Waals surface area contributed by atoms with E-state index in [1.54, 1.807) is 11.2 Å². The zero-order valence-corrected chi connectivity index (χ0v) is 11.7. The van der Waals surface area contributed by atoms with Crippen molar-refractivity contribution in [2.24, 2.45) is 7.05 Å². The van der Waals surface area contributed by atoms with E-state index >= 15 is 0 Å². The molecule has 0 saturated heterocycles. The fraction of sp³-hybridized carbons (Fsp3) is 0.231. The number of halogens is 1. The minimum absolute atomic E-state index is 0.141. The summed E-state index contributed by atoms with van der Waals surface area (Å²) in [6.45, 7) is 0. The van der Waals surface area contributed by atoms with Gasteiger partial charge in [0.15, 0.2) is 0 Å². The lowest BCUT2D eigenvalue weighted by Gasteiger charge is -2.10. The molecule has 0 saturated carbocycles. The number of fused-ring (bicyclic) bond motifs is 1. The van der Waals surface area contributed by atoms with Crippen LogP contribution in [0.1, 0.15) is 5.56 Å². The Morgan fingerprint density at radius 1 is 1.33 bits per heavy atom. The van der Waals surface area contributed by atoms with Crippen LogP contribution in [0.2, 0.25) is 0 Å². The van der Waals surface area contributed by atoms with Gasteiger partial charge in [0, 0.05) is 25.3 Å². The number of hydrogen-bond donors (Lipinski definition) is 0. The molecule has 0 radical (unpaired) electrons. The Kier molecular flexibility index (Phi) is 2.52. The highest BCUT2D eigenvalue weighted by Gasteiger charge is 2.24. The van der Waals surface area contributed by atoms with Crippen molar-refractivity contribution in [1.82, 2.24) is 9.55 Å². The highest BCUT2D eigenvalue weighted by Crippen LogP contribution is 2.33. The van der Waals surface area contributed by atoms with Gasteiger partial charge in [-0.25, -0.2) is 4.98 Å². The number of hydrogen-bond acceptors (Lipinski definition) is 2. The molecule has 1 aromatic carbocycles. The monoisotopic (exact) mass is 305 g/mol. The Hall–Kier alpha value is -1.62. The van der Waals surface area contributed by atoms with Gasteiger partial charge in [-0.2, -0.15) is 0 Å². The van der Waals surface area contributed by atoms with Crippen molar-refractivity contribution in [3.63, 3.8) is 0 Å². The van der Waals surface area contributed by atoms with E-state index in [2.05, 4.69) is 20.9 Å². The summed E-state index contributed by atoms with van der Waals surface area (Å²) in [5, 5.41) is 0. The van der Waals surface area contributed by atoms with Crippen LogP contribution in [0.25, 0.3) is 11.3 Å². The predicted molar refractivity (Wildman–Crippen MR) is 73.5 cm³/mol. The van der Waals surface area contributed by atoms with Crippen LogP contribution in [0.3, 0.4) is 0 Å². The van der Waals surface area contributed by atoms with E-state index in [4.69, 9.17) is 0 Å². The van der Waals surface area contributed by atoms with Crippen molar-refractivity contribution >= 4 is 27.5 Å². The van der Waals surface area contributed by atoms with Crippen molar-refractivity contribution in [1.29, 1.82) is 0 Å². The molecule has 0 aliphatic carbocycles. The van der Waals surface area contributed by atoms with Gasteiger partial charge in [-0.1, -0.05) is 6.07 Å². The standard InChI is InChI=1S/C13H12BrN3O/c1-16-7-15-12(13(16)14)8-3-4-10-9(5-8)6-11(18)17(10)2/h3-5,7H,6H2,1-2H3. The number of amides is 1. The van der Waals surface area contributed by atoms with Gasteiger partial charge in [-0.05, 0) is 33.6 Å². The summed E-state index contributed by atoms with van der Waals surface area (Å²) in [6, 6.07) is 6.03. The number of carbonyl (C=O) groups excluding carboxylic acids is 1. The molecule has 1 aliphatic rings. The van der Waals surface area contributed by atoms with E-state index in [1.807, 2.05) is 36.9 Å². The molecular weight excluding hydrogens is 294 g/mol. The lowest BCUT2D eigenvalue weighted by atomic mass is 10.1. The second-order valence-electron chi connectivity index (χ2n) is 4.47. The van der Waals surface area contributed by atoms with Crippen LogP contribution in [0.4, 0.5) is 5.69 Å². The van der Waals surface area contributed by atoms with E-state index < -0.39 is 0 Å². The number of likely N-dealkylation sites (N-methyl/N-ethyl adjacent to an activating group) is 1. The van der Waals surface area contributed by atoms with Crippen LogP contribution in [0, 0.1) is 0 Å². The maximum Gasteiger partial charge on any atom is 0.231 e. The van der Waals surface area contributed by atoms with Crippen LogP contribution in [0.5, 0.6) is 0 Å². The Bertz CT molecular complexity index is 648. The first-order valence-corrected chi connectivity index (χ1v) is 6.44. The van der Waals surface area contributed by atoms with Crippen LogP contribution in [-0.4, -0.2) is 22.5 Å². The summed E-state index contributed by atoms with van der Waals surface area (Å²) in [4.78, 5) is 17.7. The molecule has 0 N–H and O–H groups in total. The molecule has 0 bridgehead atoms. The molecule has 0 spiro atoms. The lowest BCUT2D eigenvalue weighted by molar-refractivity contribution is -0.117. The summed E-state index contributed by atoms with van der Waals surface area (Å²) in [5.74, 6) is 0.141. The van der Waals surface area contributed by atoms with Gasteiger partial charge in [0.25, 0.3) is 0 Å². The number of aryl methyl sites for hydroxylation is 1. The van der Waals surface area contributed by atoms with Gasteiger partial charge in [-0.3, -0.25) is 4.79 Å². The van der Waals surface area contributed by atoms with Gasteiger partial charge in [0.05, 0.1) is 12.7 Å². The number of imidazole rings is 1. The number of anilines is 1. The van der Waals surface area contributed by atoms with Crippen molar-refractivity contribution < 1.29 is 4.79 Å². The van der Waals surface area contributed by atoms with Gasteiger partial charge < -0.3 is 9.47 Å². The smallest absolute Gasteiger partial charge is 0.231 e. The van der Waals surface area contributed by atoms with Crippen molar-refractivity contribution in [3.05, 3.63) is 34.7 Å². The molecule has 3 rings (SSSR count). The van der Waals surface area contributed by atoms with Crippen LogP contribution < -0.4 is 4.90 Å². The third-order valence-electron chi connectivity index (χ3n) is 3.30. The summed E-state index contributed by atoms with van der Waals surface area (Å²) < 4.78 is 2.86. The van der Waals surface area contributed by atoms with E-state index in [9.17, 15) is 4.79 Å². The quantitative estimate of drug-likeness (QED) is 0.811. The fourth-order valence-electron chi connectivity index (χ4n) is 2.23. The lowest BCUT2D eigenvalue weighted by Crippen LogP contribution is -2.20. The Morgan fingerprint density at radius 2 is 2.11 bits per heavy atom. The van der Waals surface area contributed by atoms with E-state index in [0.29, 0.717) is 6.42 Å². The zero-order chi connectivity index (χ0) is 12.9. The predicted octanol–water partition coefficient (Wildman–Crippen LogP) is 2.37. The molecular formula is C13H12BrN3O. The number of carbonyl (C=O) groups is 1. The third-order valence-corrected chi connectivity index (χ3v) is 4.23. The summed E-state index contributed by atoms with van der Waals surface area (Å²) >= 11 is 3.51. The van der Waals surface area contributed by atoms with Crippen molar-refractivity contribution in [3.8, 4) is 11.3 Å². The minimum atomic E-state index is 0.141. The number of rotatable bonds is 1. The molecule has 2 heterocycles. The molecule has 92 valence electrons. The van der Waals surface area contributed by atoms with Gasteiger partial charge in [0.1, 0.15) is 10.3 Å². The molecule has 1 aromatic heterocycles. The van der Waals surface area contributed by atoms with Gasteiger partial charge in [0.2, 0.25) is 5.91 Å². The van der Waals surface area contributed by atoms with Crippen LogP contribution in [-0.2, 0) is 18.3 Å². The minimum Gasteiger partial charge on any atom is -0.328 e. The number of benzene rings is 1. The SMILES string of the molecule is CN1C(=O)Cc2cc(-c3ncn(C)c3Br)ccc21. The number of nitrogens with zero attached hydrogens (tertiary/aromatic N) is 3. The average molecular weight is 306 g/mol. The topological polar surface area (TPSA) is 38.1 Å². The van der Waals surface area contributed by atoms with Gasteiger partial charge >= 0.3 is 0 Å². The summed E-state index contributed by atoms with van der Waals surface area (Å²) in [5.41, 5.74) is 4.00. The van der Waals surface area contributed by atoms with Crippen LogP contribution >= 0.6 is 15.9 Å². The molecule has 2 aromatic rings. The molecule has 1 amide bonds. The second kappa shape index (κ2) is 3.95. The maximum atomic E-state index is 11.6. The van der Waals surface area contributed by atoms with Gasteiger partial charge in [-0.15, -0.1) is 0 Å². The Morgan fingerprint density at radius 3 is 2.78 bits per heavy atom. The molecule has 18 heavy (non-hydrogen) atoms. The van der Waals surface area contributed by atoms with E-state index in [0.717, 1.165) is 27.1 Å². The summed E-state index contributed by atoms with van der Waals surface area (Å²) in [7, 11) is 3.75. The molecule has 0 fully saturated rings. The first kappa shape index (κ1) is 11.5. The highest BCUT2D eigenvalue weighted by molar-refractivity contribution is 9.10. The van der Waals surface area contributed by atoms with E-state index in [1.165, 1.54) is 0 Å². The normalized spacial score (nSPS) is 14.2. The Balaban J connectivity index is 2.10. The first-order chi connectivity index (χ1) is 8.58. The van der Waals surface area contributed by atoms with Crippen molar-refractivity contribution in [2.45, 2.75) is 6.42 Å². The molecule has 0 unspecified atom stereocenters. The largest absolute Gasteiger partial charge is 0.328 e. The average Bonchev–Trinajstić information content (AvgIpc) is 2.82. The zero-order valence-electron chi connectivity index (χ0n) is 10.1. The highest BCUT2D eigenvalue weighted by atomic mass is 79.9. The molecule has 1 aliphatic heterocycles. The first-order valence-electron chi connectivity index (χ1n) is 5.64. The number of aromatic nitrogens is 2.